The van der Waals surface area contributed by atoms with E-state index in [1.807, 2.05) is 30.3 Å². The lowest BCUT2D eigenvalue weighted by atomic mass is 9.90. The summed E-state index contributed by atoms with van der Waals surface area (Å²) in [5, 5.41) is 1.57. The van der Waals surface area contributed by atoms with Gasteiger partial charge in [0.2, 0.25) is 0 Å². The van der Waals surface area contributed by atoms with E-state index in [0.29, 0.717) is 12.5 Å². The van der Waals surface area contributed by atoms with Crippen LogP contribution in [0.1, 0.15) is 51.0 Å². The van der Waals surface area contributed by atoms with E-state index in [1.54, 1.807) is 27.7 Å². The maximum atomic E-state index is 13.8. The van der Waals surface area contributed by atoms with Crippen LogP contribution in [-0.4, -0.2) is 20.9 Å². The Morgan fingerprint density at radius 1 is 1.31 bits per heavy atom. The molecule has 6 heteroatoms. The van der Waals surface area contributed by atoms with E-state index < -0.39 is 0 Å². The number of rotatable bonds is 6. The molecule has 0 amide bonds. The lowest BCUT2D eigenvalue weighted by molar-refractivity contribution is -0.0543. The van der Waals surface area contributed by atoms with Gasteiger partial charge in [-0.3, -0.25) is 9.36 Å². The van der Waals surface area contributed by atoms with Crippen molar-refractivity contribution in [2.75, 3.05) is 5.75 Å². The summed E-state index contributed by atoms with van der Waals surface area (Å²) in [6.07, 6.45) is 2.79. The van der Waals surface area contributed by atoms with Crippen molar-refractivity contribution < 1.29 is 4.74 Å². The normalized spacial score (nSPS) is 19.1. The summed E-state index contributed by atoms with van der Waals surface area (Å²) in [5.41, 5.74) is 1.85. The van der Waals surface area contributed by atoms with Crippen molar-refractivity contribution in [3.8, 4) is 5.69 Å². The molecule has 0 spiro atoms. The molecule has 0 radical (unpaired) electrons. The van der Waals surface area contributed by atoms with E-state index in [1.165, 1.54) is 0 Å². The first kappa shape index (κ1) is 20.6. The van der Waals surface area contributed by atoms with Crippen LogP contribution in [0.5, 0.6) is 0 Å². The highest BCUT2D eigenvalue weighted by Gasteiger charge is 2.33. The highest BCUT2D eigenvalue weighted by molar-refractivity contribution is 7.99. The van der Waals surface area contributed by atoms with E-state index >= 15 is 0 Å². The highest BCUT2D eigenvalue weighted by Crippen LogP contribution is 2.39. The average Bonchev–Trinajstić information content (AvgIpc) is 3.06. The van der Waals surface area contributed by atoms with E-state index in [9.17, 15) is 4.79 Å². The van der Waals surface area contributed by atoms with Crippen LogP contribution in [0.15, 0.2) is 40.3 Å². The van der Waals surface area contributed by atoms with Crippen molar-refractivity contribution in [3.05, 3.63) is 51.1 Å². The molecule has 1 aromatic carbocycles. The quantitative estimate of drug-likeness (QED) is 0.366. The van der Waals surface area contributed by atoms with Crippen LogP contribution < -0.4 is 5.56 Å². The number of fused-ring (bicyclic) bond motifs is 3. The first-order chi connectivity index (χ1) is 13.9. The largest absolute Gasteiger partial charge is 0.369 e. The van der Waals surface area contributed by atoms with Gasteiger partial charge in [0.15, 0.2) is 5.16 Å². The predicted octanol–water partition coefficient (Wildman–Crippen LogP) is 5.83. The molecule has 4 nitrogen and oxygen atoms in total. The van der Waals surface area contributed by atoms with Gasteiger partial charge < -0.3 is 4.74 Å². The summed E-state index contributed by atoms with van der Waals surface area (Å²) in [6.45, 7) is 9.29. The Kier molecular flexibility index (Phi) is 5.87. The van der Waals surface area contributed by atoms with Gasteiger partial charge in [-0.05, 0) is 43.4 Å². The van der Waals surface area contributed by atoms with Gasteiger partial charge >= 0.3 is 0 Å². The minimum Gasteiger partial charge on any atom is -0.369 e. The molecule has 1 aliphatic heterocycles. The first-order valence-electron chi connectivity index (χ1n) is 10.3. The summed E-state index contributed by atoms with van der Waals surface area (Å²) in [5.74, 6) is 1.57. The van der Waals surface area contributed by atoms with Crippen LogP contribution in [0.25, 0.3) is 15.9 Å². The second-order valence-electron chi connectivity index (χ2n) is 8.35. The molecule has 1 atom stereocenters. The molecule has 1 aliphatic rings. The fourth-order valence-corrected chi connectivity index (χ4v) is 6.01. The molecule has 0 aliphatic carbocycles. The van der Waals surface area contributed by atoms with Gasteiger partial charge in [-0.1, -0.05) is 50.7 Å². The van der Waals surface area contributed by atoms with Crippen LogP contribution in [0.4, 0.5) is 0 Å². The van der Waals surface area contributed by atoms with Crippen molar-refractivity contribution in [2.24, 2.45) is 5.92 Å². The minimum absolute atomic E-state index is 0.0473. The molecule has 4 rings (SSSR count). The Hall–Kier alpha value is -1.63. The molecule has 0 unspecified atom stereocenters. The zero-order valence-corrected chi connectivity index (χ0v) is 19.2. The number of aromatic nitrogens is 2. The monoisotopic (exact) mass is 428 g/mol. The van der Waals surface area contributed by atoms with E-state index in [2.05, 4.69) is 27.7 Å². The van der Waals surface area contributed by atoms with Crippen molar-refractivity contribution in [3.63, 3.8) is 0 Å². The third-order valence-corrected chi connectivity index (χ3v) is 7.74. The number of thioether (sulfide) groups is 1. The number of benzene rings is 1. The lowest BCUT2D eigenvalue weighted by Crippen LogP contribution is -2.34. The van der Waals surface area contributed by atoms with Gasteiger partial charge in [-0.2, -0.15) is 0 Å². The molecule has 3 heterocycles. The van der Waals surface area contributed by atoms with Crippen LogP contribution >= 0.6 is 23.1 Å². The summed E-state index contributed by atoms with van der Waals surface area (Å²) in [4.78, 5) is 20.7. The molecule has 3 aromatic rings. The molecule has 0 saturated carbocycles. The van der Waals surface area contributed by atoms with Crippen molar-refractivity contribution >= 4 is 33.3 Å². The minimum atomic E-state index is -0.213. The first-order valence-corrected chi connectivity index (χ1v) is 12.1. The van der Waals surface area contributed by atoms with Crippen LogP contribution in [0, 0.1) is 5.92 Å². The summed E-state index contributed by atoms with van der Waals surface area (Å²) in [7, 11) is 0. The lowest BCUT2D eigenvalue weighted by Gasteiger charge is -2.32. The molecular weight excluding hydrogens is 400 g/mol. The molecular formula is C23H28N2O2S2. The SMILES string of the molecule is CC[C@]1(C)Cc2c(sc3nc(SCCC(C)C)n(-c4ccccc4)c(=O)c23)CO1. The zero-order valence-electron chi connectivity index (χ0n) is 17.5. The van der Waals surface area contributed by atoms with Gasteiger partial charge in [0.05, 0.1) is 23.3 Å². The zero-order chi connectivity index (χ0) is 20.6. The van der Waals surface area contributed by atoms with Crippen LogP contribution in [0.3, 0.4) is 0 Å². The number of nitrogens with zero attached hydrogens (tertiary/aromatic N) is 2. The second-order valence-corrected chi connectivity index (χ2v) is 10.5. The average molecular weight is 429 g/mol. The van der Waals surface area contributed by atoms with Crippen molar-refractivity contribution in [2.45, 2.75) is 64.3 Å². The Labute approximate surface area is 180 Å². The highest BCUT2D eigenvalue weighted by atomic mass is 32.2. The van der Waals surface area contributed by atoms with Crippen LogP contribution in [-0.2, 0) is 17.8 Å². The standard InChI is InChI=1S/C23H28N2O2S2/c1-5-23(4)13-17-18(14-27-23)29-20-19(17)21(26)25(16-9-7-6-8-10-16)22(24-20)28-12-11-15(2)3/h6-10,15H,5,11-14H2,1-4H3/t23-/m1/s1. The molecule has 0 fully saturated rings. The van der Waals surface area contributed by atoms with Gasteiger partial charge in [0, 0.05) is 17.1 Å². The van der Waals surface area contributed by atoms with Crippen molar-refractivity contribution in [1.82, 2.24) is 9.55 Å². The maximum absolute atomic E-state index is 13.8. The van der Waals surface area contributed by atoms with Crippen LogP contribution in [0.2, 0.25) is 0 Å². The van der Waals surface area contributed by atoms with E-state index in [0.717, 1.165) is 56.5 Å². The fraction of sp³-hybridized carbons (Fsp3) is 0.478. The van der Waals surface area contributed by atoms with Gasteiger partial charge in [-0.25, -0.2) is 4.98 Å². The van der Waals surface area contributed by atoms with Gasteiger partial charge in [0.1, 0.15) is 4.83 Å². The number of ether oxygens (including phenoxy) is 1. The van der Waals surface area contributed by atoms with Crippen molar-refractivity contribution in [1.29, 1.82) is 0 Å². The molecule has 0 saturated heterocycles. The molecule has 154 valence electrons. The smallest absolute Gasteiger partial charge is 0.267 e. The number of hydrogen-bond acceptors (Lipinski definition) is 5. The van der Waals surface area contributed by atoms with E-state index in [-0.39, 0.29) is 11.2 Å². The predicted molar refractivity (Wildman–Crippen MR) is 123 cm³/mol. The van der Waals surface area contributed by atoms with Gasteiger partial charge in [-0.15, -0.1) is 11.3 Å². The number of thiophene rings is 1. The fourth-order valence-electron chi connectivity index (χ4n) is 3.62. The third-order valence-electron chi connectivity index (χ3n) is 5.67. The molecule has 0 N–H and O–H groups in total. The maximum Gasteiger partial charge on any atom is 0.267 e. The molecule has 0 bridgehead atoms. The summed E-state index contributed by atoms with van der Waals surface area (Å²) < 4.78 is 7.92. The Morgan fingerprint density at radius 3 is 2.76 bits per heavy atom. The Morgan fingerprint density at radius 2 is 2.07 bits per heavy atom. The Bertz CT molecular complexity index is 1070. The summed E-state index contributed by atoms with van der Waals surface area (Å²) >= 11 is 3.30. The Balaban J connectivity index is 1.88. The number of para-hydroxylation sites is 1. The second kappa shape index (κ2) is 8.25. The molecule has 2 aromatic heterocycles. The van der Waals surface area contributed by atoms with Gasteiger partial charge in [0.25, 0.3) is 5.56 Å². The summed E-state index contributed by atoms with van der Waals surface area (Å²) in [6, 6.07) is 9.89. The topological polar surface area (TPSA) is 44.1 Å². The van der Waals surface area contributed by atoms with E-state index in [4.69, 9.17) is 9.72 Å². The number of hydrogen-bond donors (Lipinski definition) is 0. The third kappa shape index (κ3) is 4.03. The molecule has 29 heavy (non-hydrogen) atoms.